The third kappa shape index (κ3) is 3.91. The van der Waals surface area contributed by atoms with Crippen LogP contribution in [0.4, 0.5) is 0 Å². The topological polar surface area (TPSA) is 50.7 Å². The Morgan fingerprint density at radius 3 is 2.59 bits per heavy atom. The van der Waals surface area contributed by atoms with Gasteiger partial charge in [0.15, 0.2) is 0 Å². The average Bonchev–Trinajstić information content (AvgIpc) is 2.36. The number of phenols is 1. The van der Waals surface area contributed by atoms with Gasteiger partial charge in [-0.15, -0.1) is 0 Å². The molecule has 0 amide bonds. The van der Waals surface area contributed by atoms with Crippen LogP contribution in [0.2, 0.25) is 0 Å². The molecule has 0 spiro atoms. The van der Waals surface area contributed by atoms with Crippen molar-refractivity contribution in [3.8, 4) is 11.5 Å². The second kappa shape index (κ2) is 6.47. The molecule has 0 aliphatic rings. The van der Waals surface area contributed by atoms with Crippen LogP contribution in [0, 0.1) is 0 Å². The maximum atomic E-state index is 9.80. The number of phenolic OH excluding ortho intramolecular Hbond substituents is 1. The molecule has 0 aliphatic heterocycles. The predicted molar refractivity (Wildman–Crippen MR) is 67.5 cm³/mol. The van der Waals surface area contributed by atoms with E-state index in [4.69, 9.17) is 9.47 Å². The fourth-order valence-corrected chi connectivity index (χ4v) is 1.54. The molecular formula is C13H21NO3. The average molecular weight is 239 g/mol. The van der Waals surface area contributed by atoms with Gasteiger partial charge < -0.3 is 19.9 Å². The van der Waals surface area contributed by atoms with Crippen LogP contribution in [0.1, 0.15) is 25.5 Å². The van der Waals surface area contributed by atoms with Gasteiger partial charge in [0.05, 0.1) is 13.2 Å². The van der Waals surface area contributed by atoms with E-state index in [0.29, 0.717) is 0 Å². The Hall–Kier alpha value is -1.26. The lowest BCUT2D eigenvalue weighted by molar-refractivity contribution is 0.115. The van der Waals surface area contributed by atoms with Gasteiger partial charge in [-0.3, -0.25) is 0 Å². The number of rotatable bonds is 6. The van der Waals surface area contributed by atoms with Crippen LogP contribution in [0.15, 0.2) is 18.2 Å². The minimum atomic E-state index is 0.0442. The lowest BCUT2D eigenvalue weighted by Crippen LogP contribution is -2.28. The third-order valence-electron chi connectivity index (χ3n) is 2.82. The molecule has 0 bridgehead atoms. The van der Waals surface area contributed by atoms with E-state index in [2.05, 4.69) is 5.32 Å². The molecule has 2 N–H and O–H groups in total. The molecule has 0 fully saturated rings. The molecule has 1 aromatic rings. The second-order valence-electron chi connectivity index (χ2n) is 4.10. The lowest BCUT2D eigenvalue weighted by Gasteiger charge is -2.18. The molecular weight excluding hydrogens is 218 g/mol. The number of methoxy groups -OCH3 is 2. The van der Waals surface area contributed by atoms with E-state index in [1.54, 1.807) is 26.4 Å². The Bertz CT molecular complexity index is 355. The molecule has 0 aromatic heterocycles. The standard InChI is InChI=1S/C13H21NO3/c1-9(16-3)8-14-10(2)12-7-11(17-4)5-6-13(12)15/h5-7,9-10,14-15H,8H2,1-4H3. The molecule has 0 radical (unpaired) electrons. The predicted octanol–water partition coefficient (Wildman–Crippen LogP) is 2.09. The number of benzene rings is 1. The zero-order chi connectivity index (χ0) is 12.8. The number of ether oxygens (including phenoxy) is 2. The molecule has 0 heterocycles. The molecule has 4 heteroatoms. The maximum Gasteiger partial charge on any atom is 0.120 e. The van der Waals surface area contributed by atoms with Gasteiger partial charge in [-0.25, -0.2) is 0 Å². The summed E-state index contributed by atoms with van der Waals surface area (Å²) in [5.41, 5.74) is 0.827. The van der Waals surface area contributed by atoms with Gasteiger partial charge in [-0.05, 0) is 32.0 Å². The monoisotopic (exact) mass is 239 g/mol. The molecule has 0 aliphatic carbocycles. The smallest absolute Gasteiger partial charge is 0.120 e. The summed E-state index contributed by atoms with van der Waals surface area (Å²) in [6, 6.07) is 5.27. The number of hydrogen-bond acceptors (Lipinski definition) is 4. The summed E-state index contributed by atoms with van der Waals surface area (Å²) in [6.45, 7) is 4.72. The van der Waals surface area contributed by atoms with Crippen molar-refractivity contribution in [3.05, 3.63) is 23.8 Å². The third-order valence-corrected chi connectivity index (χ3v) is 2.82. The van der Waals surface area contributed by atoms with E-state index in [1.165, 1.54) is 0 Å². The summed E-state index contributed by atoms with van der Waals surface area (Å²) >= 11 is 0. The zero-order valence-corrected chi connectivity index (χ0v) is 10.9. The number of hydrogen-bond donors (Lipinski definition) is 2. The quantitative estimate of drug-likeness (QED) is 0.798. The van der Waals surface area contributed by atoms with Crippen molar-refractivity contribution in [2.45, 2.75) is 26.0 Å². The lowest BCUT2D eigenvalue weighted by atomic mass is 10.1. The minimum absolute atomic E-state index is 0.0442. The summed E-state index contributed by atoms with van der Waals surface area (Å²) in [6.07, 6.45) is 0.144. The molecule has 2 atom stereocenters. The first-order valence-electron chi connectivity index (χ1n) is 5.71. The first kappa shape index (κ1) is 13.8. The number of aromatic hydroxyl groups is 1. The van der Waals surface area contributed by atoms with E-state index in [1.807, 2.05) is 19.9 Å². The molecule has 0 saturated carbocycles. The first-order chi connectivity index (χ1) is 8.08. The van der Waals surface area contributed by atoms with Crippen molar-refractivity contribution in [1.82, 2.24) is 5.32 Å². The Balaban J connectivity index is 2.70. The minimum Gasteiger partial charge on any atom is -0.508 e. The molecule has 17 heavy (non-hydrogen) atoms. The molecule has 96 valence electrons. The zero-order valence-electron chi connectivity index (χ0n) is 10.9. The van der Waals surface area contributed by atoms with Crippen LogP contribution in [0.25, 0.3) is 0 Å². The van der Waals surface area contributed by atoms with Gasteiger partial charge in [0.25, 0.3) is 0 Å². The SMILES string of the molecule is COc1ccc(O)c(C(C)NCC(C)OC)c1. The summed E-state index contributed by atoms with van der Waals surface area (Å²) in [5, 5.41) is 13.1. The van der Waals surface area contributed by atoms with Crippen molar-refractivity contribution in [2.24, 2.45) is 0 Å². The second-order valence-corrected chi connectivity index (χ2v) is 4.10. The maximum absolute atomic E-state index is 9.80. The van der Waals surface area contributed by atoms with E-state index < -0.39 is 0 Å². The summed E-state index contributed by atoms with van der Waals surface area (Å²) < 4.78 is 10.3. The molecule has 1 aromatic carbocycles. The van der Waals surface area contributed by atoms with Crippen LogP contribution < -0.4 is 10.1 Å². The Labute approximate surface area is 103 Å². The van der Waals surface area contributed by atoms with E-state index in [-0.39, 0.29) is 17.9 Å². The molecule has 0 saturated heterocycles. The highest BCUT2D eigenvalue weighted by Gasteiger charge is 2.12. The van der Waals surface area contributed by atoms with Crippen molar-refractivity contribution < 1.29 is 14.6 Å². The summed E-state index contributed by atoms with van der Waals surface area (Å²) in [5.74, 6) is 1.02. The first-order valence-corrected chi connectivity index (χ1v) is 5.71. The van der Waals surface area contributed by atoms with Gasteiger partial charge >= 0.3 is 0 Å². The van der Waals surface area contributed by atoms with E-state index in [9.17, 15) is 5.11 Å². The highest BCUT2D eigenvalue weighted by atomic mass is 16.5. The van der Waals surface area contributed by atoms with Gasteiger partial charge in [0.2, 0.25) is 0 Å². The van der Waals surface area contributed by atoms with Gasteiger partial charge in [-0.1, -0.05) is 0 Å². The molecule has 2 unspecified atom stereocenters. The highest BCUT2D eigenvalue weighted by Crippen LogP contribution is 2.28. The fourth-order valence-electron chi connectivity index (χ4n) is 1.54. The molecule has 4 nitrogen and oxygen atoms in total. The van der Waals surface area contributed by atoms with E-state index >= 15 is 0 Å². The van der Waals surface area contributed by atoms with Crippen LogP contribution in [-0.2, 0) is 4.74 Å². The van der Waals surface area contributed by atoms with Crippen LogP contribution in [0.3, 0.4) is 0 Å². The van der Waals surface area contributed by atoms with E-state index in [0.717, 1.165) is 17.9 Å². The largest absolute Gasteiger partial charge is 0.508 e. The Morgan fingerprint density at radius 2 is 2.00 bits per heavy atom. The summed E-state index contributed by atoms with van der Waals surface area (Å²) in [7, 11) is 3.29. The fraction of sp³-hybridized carbons (Fsp3) is 0.538. The summed E-state index contributed by atoms with van der Waals surface area (Å²) in [4.78, 5) is 0. The number of nitrogens with one attached hydrogen (secondary N) is 1. The van der Waals surface area contributed by atoms with Gasteiger partial charge in [0, 0.05) is 25.3 Å². The van der Waals surface area contributed by atoms with Crippen molar-refractivity contribution >= 4 is 0 Å². The molecule has 1 rings (SSSR count). The van der Waals surface area contributed by atoms with Crippen LogP contribution in [0.5, 0.6) is 11.5 Å². The van der Waals surface area contributed by atoms with Gasteiger partial charge in [-0.2, -0.15) is 0 Å². The van der Waals surface area contributed by atoms with Crippen molar-refractivity contribution in [1.29, 1.82) is 0 Å². The normalized spacial score (nSPS) is 14.4. The van der Waals surface area contributed by atoms with Crippen molar-refractivity contribution in [3.63, 3.8) is 0 Å². The van der Waals surface area contributed by atoms with Crippen LogP contribution in [-0.4, -0.2) is 32.0 Å². The Kier molecular flexibility index (Phi) is 5.25. The van der Waals surface area contributed by atoms with Gasteiger partial charge in [0.1, 0.15) is 11.5 Å². The van der Waals surface area contributed by atoms with Crippen molar-refractivity contribution in [2.75, 3.05) is 20.8 Å². The Morgan fingerprint density at radius 1 is 1.29 bits per heavy atom. The highest BCUT2D eigenvalue weighted by molar-refractivity contribution is 5.41. The van der Waals surface area contributed by atoms with Crippen LogP contribution >= 0.6 is 0 Å².